The average Bonchev–Trinajstić information content (AvgIpc) is 3.09. The molecule has 3 heterocycles. The fraction of sp³-hybridized carbons (Fsp3) is 0.118. The van der Waals surface area contributed by atoms with Crippen LogP contribution in [-0.2, 0) is 0 Å². The van der Waals surface area contributed by atoms with Crippen molar-refractivity contribution in [2.45, 2.75) is 11.4 Å². The van der Waals surface area contributed by atoms with Crippen LogP contribution in [0.25, 0.3) is 11.3 Å². The Morgan fingerprint density at radius 2 is 2.12 bits per heavy atom. The van der Waals surface area contributed by atoms with Crippen LogP contribution in [0.2, 0.25) is 0 Å². The fourth-order valence-electron chi connectivity index (χ4n) is 2.49. The van der Waals surface area contributed by atoms with Gasteiger partial charge >= 0.3 is 0 Å². The summed E-state index contributed by atoms with van der Waals surface area (Å²) >= 11 is 1.47. The third kappa shape index (κ3) is 2.74. The van der Waals surface area contributed by atoms with Crippen LogP contribution in [0.5, 0.6) is 5.88 Å². The zero-order chi connectivity index (χ0) is 16.4. The summed E-state index contributed by atoms with van der Waals surface area (Å²) in [5, 5.41) is 12.5. The van der Waals surface area contributed by atoms with Crippen molar-refractivity contribution in [1.29, 1.82) is 0 Å². The number of ether oxygens (including phenoxy) is 1. The molecular weight excluding hydrogens is 322 g/mol. The van der Waals surface area contributed by atoms with E-state index in [1.54, 1.807) is 6.08 Å². The molecule has 0 amide bonds. The molecule has 0 saturated carbocycles. The molecular formula is C17H15N5OS. The molecule has 6 nitrogen and oxygen atoms in total. The minimum atomic E-state index is -0.378. The van der Waals surface area contributed by atoms with Gasteiger partial charge in [0.25, 0.3) is 0 Å². The lowest BCUT2D eigenvalue weighted by Gasteiger charge is -2.17. The standard InChI is InChI=1S/C17H15N5OS/c1-2-10-24-17-20-16-14(21-22-17)11-6-3-4-7-12(11)19-15(23-16)13-8-5-9-18-13/h2-9,15,18-19H,1,10H2/t15-/m0/s1. The summed E-state index contributed by atoms with van der Waals surface area (Å²) in [6, 6.07) is 11.8. The van der Waals surface area contributed by atoms with Crippen molar-refractivity contribution in [2.24, 2.45) is 0 Å². The third-order valence-corrected chi connectivity index (χ3v) is 4.40. The molecule has 1 aliphatic rings. The number of H-pyrrole nitrogens is 1. The molecule has 0 unspecified atom stereocenters. The summed E-state index contributed by atoms with van der Waals surface area (Å²) in [7, 11) is 0. The Labute approximate surface area is 143 Å². The van der Waals surface area contributed by atoms with Crippen LogP contribution in [0, 0.1) is 0 Å². The lowest BCUT2D eigenvalue weighted by atomic mass is 10.1. The number of aromatic nitrogens is 4. The predicted octanol–water partition coefficient (Wildman–Crippen LogP) is 3.65. The van der Waals surface area contributed by atoms with Gasteiger partial charge in [-0.3, -0.25) is 0 Å². The highest BCUT2D eigenvalue weighted by Gasteiger charge is 2.26. The third-order valence-electron chi connectivity index (χ3n) is 3.57. The molecule has 120 valence electrons. The van der Waals surface area contributed by atoms with Crippen molar-refractivity contribution < 1.29 is 4.74 Å². The van der Waals surface area contributed by atoms with Gasteiger partial charge in [-0.05, 0) is 18.2 Å². The van der Waals surface area contributed by atoms with Crippen molar-refractivity contribution in [1.82, 2.24) is 20.2 Å². The van der Waals surface area contributed by atoms with Crippen molar-refractivity contribution in [3.63, 3.8) is 0 Å². The smallest absolute Gasteiger partial charge is 0.247 e. The fourth-order valence-corrected chi connectivity index (χ4v) is 3.00. The first-order valence-corrected chi connectivity index (χ1v) is 8.48. The summed E-state index contributed by atoms with van der Waals surface area (Å²) in [6.07, 6.45) is 3.29. The summed E-state index contributed by atoms with van der Waals surface area (Å²) in [6.45, 7) is 3.71. The zero-order valence-electron chi connectivity index (χ0n) is 12.8. The molecule has 1 aromatic carbocycles. The summed E-state index contributed by atoms with van der Waals surface area (Å²) < 4.78 is 6.11. The largest absolute Gasteiger partial charge is 0.446 e. The van der Waals surface area contributed by atoms with Gasteiger partial charge in [-0.25, -0.2) is 0 Å². The number of hydrogen-bond acceptors (Lipinski definition) is 6. The maximum atomic E-state index is 6.11. The maximum Gasteiger partial charge on any atom is 0.247 e. The van der Waals surface area contributed by atoms with Gasteiger partial charge in [0.05, 0.1) is 5.69 Å². The molecule has 2 N–H and O–H groups in total. The molecule has 1 aliphatic heterocycles. The van der Waals surface area contributed by atoms with Gasteiger partial charge in [-0.15, -0.1) is 16.8 Å². The van der Waals surface area contributed by atoms with Gasteiger partial charge in [0, 0.05) is 23.2 Å². The maximum absolute atomic E-state index is 6.11. The number of benzene rings is 1. The average molecular weight is 337 g/mol. The van der Waals surface area contributed by atoms with Gasteiger partial charge in [0.2, 0.25) is 17.3 Å². The van der Waals surface area contributed by atoms with E-state index in [0.29, 0.717) is 16.7 Å². The van der Waals surface area contributed by atoms with E-state index in [-0.39, 0.29) is 6.23 Å². The lowest BCUT2D eigenvalue weighted by molar-refractivity contribution is 0.221. The number of anilines is 1. The number of thioether (sulfide) groups is 1. The number of nitrogens with zero attached hydrogens (tertiary/aromatic N) is 3. The molecule has 4 rings (SSSR count). The molecule has 0 fully saturated rings. The molecule has 0 bridgehead atoms. The molecule has 0 aliphatic carbocycles. The Morgan fingerprint density at radius 1 is 1.21 bits per heavy atom. The van der Waals surface area contributed by atoms with Gasteiger partial charge in [0.1, 0.15) is 0 Å². The highest BCUT2D eigenvalue weighted by Crippen LogP contribution is 2.39. The van der Waals surface area contributed by atoms with Crippen LogP contribution in [0.15, 0.2) is 60.4 Å². The second-order valence-electron chi connectivity index (χ2n) is 5.16. The van der Waals surface area contributed by atoms with Crippen LogP contribution >= 0.6 is 11.8 Å². The number of fused-ring (bicyclic) bond motifs is 3. The quantitative estimate of drug-likeness (QED) is 0.559. The Hall–Kier alpha value is -2.80. The van der Waals surface area contributed by atoms with Crippen molar-refractivity contribution in [2.75, 3.05) is 11.1 Å². The molecule has 24 heavy (non-hydrogen) atoms. The Kier molecular flexibility index (Phi) is 3.92. The zero-order valence-corrected chi connectivity index (χ0v) is 13.6. The van der Waals surface area contributed by atoms with E-state index in [0.717, 1.165) is 22.7 Å². The normalized spacial score (nSPS) is 15.4. The second-order valence-corrected chi connectivity index (χ2v) is 6.15. The lowest BCUT2D eigenvalue weighted by Crippen LogP contribution is -2.17. The minimum Gasteiger partial charge on any atom is -0.446 e. The van der Waals surface area contributed by atoms with E-state index >= 15 is 0 Å². The molecule has 0 saturated heterocycles. The van der Waals surface area contributed by atoms with Gasteiger partial charge in [0.15, 0.2) is 5.69 Å². The number of rotatable bonds is 4. The van der Waals surface area contributed by atoms with Crippen LogP contribution in [0.1, 0.15) is 11.9 Å². The first-order valence-electron chi connectivity index (χ1n) is 7.49. The number of nitrogens with one attached hydrogen (secondary N) is 2. The van der Waals surface area contributed by atoms with Crippen LogP contribution in [0.3, 0.4) is 0 Å². The highest BCUT2D eigenvalue weighted by atomic mass is 32.2. The monoisotopic (exact) mass is 337 g/mol. The van der Waals surface area contributed by atoms with Crippen LogP contribution in [0.4, 0.5) is 5.69 Å². The number of hydrogen-bond donors (Lipinski definition) is 2. The summed E-state index contributed by atoms with van der Waals surface area (Å²) in [5.74, 6) is 1.18. The summed E-state index contributed by atoms with van der Waals surface area (Å²) in [4.78, 5) is 7.71. The van der Waals surface area contributed by atoms with E-state index in [9.17, 15) is 0 Å². The first-order chi connectivity index (χ1) is 11.8. The molecule has 3 aromatic rings. The SMILES string of the molecule is C=CCSc1nnc2c(n1)O[C@@H](c1ccc[nH]1)Nc1ccccc1-2. The molecule has 1 atom stereocenters. The Morgan fingerprint density at radius 3 is 2.96 bits per heavy atom. The van der Waals surface area contributed by atoms with Gasteiger partial charge in [-0.2, -0.15) is 4.98 Å². The van der Waals surface area contributed by atoms with Gasteiger partial charge < -0.3 is 15.0 Å². The Balaban J connectivity index is 1.80. The summed E-state index contributed by atoms with van der Waals surface area (Å²) in [5.41, 5.74) is 3.40. The highest BCUT2D eigenvalue weighted by molar-refractivity contribution is 7.99. The molecule has 2 aromatic heterocycles. The minimum absolute atomic E-state index is 0.378. The predicted molar refractivity (Wildman–Crippen MR) is 94.0 cm³/mol. The number of para-hydroxylation sites is 1. The van der Waals surface area contributed by atoms with Crippen LogP contribution < -0.4 is 10.1 Å². The second kappa shape index (κ2) is 6.37. The van der Waals surface area contributed by atoms with E-state index in [1.807, 2.05) is 42.6 Å². The van der Waals surface area contributed by atoms with E-state index in [1.165, 1.54) is 11.8 Å². The van der Waals surface area contributed by atoms with Crippen molar-refractivity contribution >= 4 is 17.4 Å². The molecule has 0 spiro atoms. The topological polar surface area (TPSA) is 75.7 Å². The Bertz CT molecular complexity index is 865. The number of aromatic amines is 1. The van der Waals surface area contributed by atoms with E-state index in [4.69, 9.17) is 4.74 Å². The van der Waals surface area contributed by atoms with Gasteiger partial charge in [-0.1, -0.05) is 36.0 Å². The molecule has 7 heteroatoms. The first kappa shape index (κ1) is 14.8. The molecule has 0 radical (unpaired) electrons. The van der Waals surface area contributed by atoms with Crippen molar-refractivity contribution in [3.05, 3.63) is 60.9 Å². The van der Waals surface area contributed by atoms with E-state index in [2.05, 4.69) is 32.1 Å². The van der Waals surface area contributed by atoms with Crippen molar-refractivity contribution in [3.8, 4) is 17.1 Å². The van der Waals surface area contributed by atoms with E-state index < -0.39 is 0 Å². The van der Waals surface area contributed by atoms with Crippen LogP contribution in [-0.4, -0.2) is 25.9 Å².